The van der Waals surface area contributed by atoms with Crippen LogP contribution in [0, 0.1) is 0 Å². The van der Waals surface area contributed by atoms with Crippen molar-refractivity contribution in [3.8, 4) is 0 Å². The van der Waals surface area contributed by atoms with Crippen LogP contribution in [0.3, 0.4) is 0 Å². The lowest BCUT2D eigenvalue weighted by molar-refractivity contribution is -0.417. The lowest BCUT2D eigenvalue weighted by Gasteiger charge is -2.42. The van der Waals surface area contributed by atoms with E-state index in [9.17, 15) is 84.2 Å². The van der Waals surface area contributed by atoms with Crippen LogP contribution in [-0.2, 0) is 9.59 Å². The maximum atomic E-state index is 13.8. The summed E-state index contributed by atoms with van der Waals surface area (Å²) >= 11 is 0. The van der Waals surface area contributed by atoms with Crippen LogP contribution in [-0.4, -0.2) is 83.7 Å². The van der Waals surface area contributed by atoms with Gasteiger partial charge < -0.3 is 0 Å². The van der Waals surface area contributed by atoms with Crippen LogP contribution < -0.4 is 0 Å². The molecule has 0 saturated carbocycles. The third kappa shape index (κ3) is 4.51. The number of alkyl halides is 17. The van der Waals surface area contributed by atoms with Gasteiger partial charge in [-0.15, -0.1) is 0 Å². The van der Waals surface area contributed by atoms with Gasteiger partial charge in [-0.1, -0.05) is 0 Å². The maximum absolute atomic E-state index is 13.8. The van der Waals surface area contributed by atoms with E-state index in [-0.39, 0.29) is 12.2 Å². The van der Waals surface area contributed by atoms with Crippen LogP contribution in [0.4, 0.5) is 74.6 Å². The number of imide groups is 1. The van der Waals surface area contributed by atoms with Crippen LogP contribution >= 0.6 is 0 Å². The van der Waals surface area contributed by atoms with Gasteiger partial charge in [-0.25, -0.2) is 35.6 Å². The van der Waals surface area contributed by atoms with Crippen LogP contribution in [0.5, 0.6) is 0 Å². The molecule has 5 unspecified atom stereocenters. The average Bonchev–Trinajstić information content (AvgIpc) is 3.07. The largest absolute Gasteiger partial charge is 0.384 e. The first-order valence-corrected chi connectivity index (χ1v) is 8.35. The molecule has 204 valence electrons. The molecule has 1 aliphatic rings. The third-order valence-corrected chi connectivity index (χ3v) is 4.47. The first kappa shape index (κ1) is 30.7. The smallest absolute Gasteiger partial charge is 0.269 e. The van der Waals surface area contributed by atoms with Crippen molar-refractivity contribution in [2.45, 2.75) is 67.0 Å². The van der Waals surface area contributed by atoms with Gasteiger partial charge in [0.15, 0.2) is 18.5 Å². The quantitative estimate of drug-likeness (QED) is 0.204. The van der Waals surface area contributed by atoms with E-state index in [4.69, 9.17) is 0 Å². The van der Waals surface area contributed by atoms with Gasteiger partial charge in [0, 0.05) is 12.2 Å². The van der Waals surface area contributed by atoms with Gasteiger partial charge in [0.05, 0.1) is 0 Å². The molecule has 0 fully saturated rings. The van der Waals surface area contributed by atoms with Crippen molar-refractivity contribution < 1.29 is 84.2 Å². The molecule has 1 heterocycles. The standard InChI is InChI=1S/C15H8F17NO2/c16-5(7(18)9(20)21)6(17)8(19)11(23,24)13(27,28)15(31,32)14(29,30)12(25,26)10(22)33-3(34)1-2-4(33)35/h1-2,5-10H. The SMILES string of the molecule is O=C1C=CC(=O)N1C(F)C(F)(F)C(F)(F)C(F)(F)C(F)(F)C(F)(F)C(F)C(F)C(F)C(F)C(F)F. The first-order valence-electron chi connectivity index (χ1n) is 8.35. The predicted molar refractivity (Wildman–Crippen MR) is 76.2 cm³/mol. The molecule has 0 bridgehead atoms. The van der Waals surface area contributed by atoms with Crippen molar-refractivity contribution in [3.05, 3.63) is 12.2 Å². The maximum Gasteiger partial charge on any atom is 0.384 e. The molecule has 35 heavy (non-hydrogen) atoms. The van der Waals surface area contributed by atoms with Gasteiger partial charge in [0.2, 0.25) is 6.17 Å². The highest BCUT2D eigenvalue weighted by Gasteiger charge is 2.89. The summed E-state index contributed by atoms with van der Waals surface area (Å²) in [5.74, 6) is -43.9. The molecule has 3 nitrogen and oxygen atoms in total. The van der Waals surface area contributed by atoms with Crippen molar-refractivity contribution >= 4 is 11.8 Å². The van der Waals surface area contributed by atoms with Crippen molar-refractivity contribution in [2.75, 3.05) is 0 Å². The van der Waals surface area contributed by atoms with Gasteiger partial charge in [-0.05, 0) is 0 Å². The van der Waals surface area contributed by atoms with Gasteiger partial charge in [0.1, 0.15) is 0 Å². The number of nitrogens with zero attached hydrogens (tertiary/aromatic N) is 1. The van der Waals surface area contributed by atoms with E-state index in [1.807, 2.05) is 0 Å². The Hall–Kier alpha value is -2.31. The zero-order chi connectivity index (χ0) is 28.1. The van der Waals surface area contributed by atoms with Crippen LogP contribution in [0.15, 0.2) is 12.2 Å². The molecule has 1 aliphatic heterocycles. The number of amides is 2. The summed E-state index contributed by atoms with van der Waals surface area (Å²) in [4.78, 5) is 20.6. The lowest BCUT2D eigenvalue weighted by atomic mass is 9.89. The number of hydrogen-bond acceptors (Lipinski definition) is 2. The molecule has 0 aliphatic carbocycles. The van der Waals surface area contributed by atoms with Crippen molar-refractivity contribution in [1.82, 2.24) is 4.90 Å². The summed E-state index contributed by atoms with van der Waals surface area (Å²) in [6, 6.07) is 0. The summed E-state index contributed by atoms with van der Waals surface area (Å²) in [6.45, 7) is 0. The minimum absolute atomic E-state index is 0.0793. The van der Waals surface area contributed by atoms with E-state index in [2.05, 4.69) is 0 Å². The van der Waals surface area contributed by atoms with Crippen molar-refractivity contribution in [1.29, 1.82) is 0 Å². The summed E-state index contributed by atoms with van der Waals surface area (Å²) in [5, 5.41) is 0. The fourth-order valence-electron chi connectivity index (χ4n) is 2.41. The zero-order valence-electron chi connectivity index (χ0n) is 15.8. The van der Waals surface area contributed by atoms with Gasteiger partial charge in [-0.2, -0.15) is 43.9 Å². The van der Waals surface area contributed by atoms with E-state index in [0.717, 1.165) is 0 Å². The predicted octanol–water partition coefficient (Wildman–Crippen LogP) is 5.00. The Morgan fingerprint density at radius 1 is 0.543 bits per heavy atom. The summed E-state index contributed by atoms with van der Waals surface area (Å²) in [6.07, 6.45) is -30.3. The Balaban J connectivity index is 3.44. The second kappa shape index (κ2) is 9.29. The van der Waals surface area contributed by atoms with Crippen LogP contribution in [0.25, 0.3) is 0 Å². The summed E-state index contributed by atoms with van der Waals surface area (Å²) in [7, 11) is 0. The van der Waals surface area contributed by atoms with Crippen molar-refractivity contribution in [2.24, 2.45) is 0 Å². The molecule has 0 aromatic rings. The number of hydrogen-bond donors (Lipinski definition) is 0. The molecular formula is C15H8F17NO2. The Kier molecular flexibility index (Phi) is 8.15. The average molecular weight is 557 g/mol. The first-order chi connectivity index (χ1) is 15.4. The van der Waals surface area contributed by atoms with E-state index >= 15 is 0 Å². The van der Waals surface area contributed by atoms with Crippen LogP contribution in [0.2, 0.25) is 0 Å². The van der Waals surface area contributed by atoms with Gasteiger partial charge in [0.25, 0.3) is 24.5 Å². The fourth-order valence-corrected chi connectivity index (χ4v) is 2.41. The van der Waals surface area contributed by atoms with E-state index in [1.54, 1.807) is 0 Å². The van der Waals surface area contributed by atoms with E-state index in [0.29, 0.717) is 0 Å². The Bertz CT molecular complexity index is 825. The molecular weight excluding hydrogens is 549 g/mol. The normalized spacial score (nSPS) is 20.9. The number of carbonyl (C=O) groups excluding carboxylic acids is 2. The van der Waals surface area contributed by atoms with Crippen LogP contribution in [0.1, 0.15) is 0 Å². The topological polar surface area (TPSA) is 37.4 Å². The van der Waals surface area contributed by atoms with Crippen molar-refractivity contribution in [3.63, 3.8) is 0 Å². The van der Waals surface area contributed by atoms with Gasteiger partial charge >= 0.3 is 29.6 Å². The number of carbonyl (C=O) groups is 2. The Morgan fingerprint density at radius 2 is 0.914 bits per heavy atom. The molecule has 20 heteroatoms. The fraction of sp³-hybridized carbons (Fsp3) is 0.733. The highest BCUT2D eigenvalue weighted by Crippen LogP contribution is 2.59. The second-order valence-corrected chi connectivity index (χ2v) is 6.75. The molecule has 0 saturated heterocycles. The zero-order valence-corrected chi connectivity index (χ0v) is 15.8. The molecule has 0 N–H and O–H groups in total. The summed E-state index contributed by atoms with van der Waals surface area (Å²) in [5.41, 5.74) is 0. The molecule has 1 rings (SSSR count). The number of rotatable bonds is 11. The minimum atomic E-state index is -8.29. The molecule has 0 aromatic carbocycles. The molecule has 0 radical (unpaired) electrons. The second-order valence-electron chi connectivity index (χ2n) is 6.75. The third-order valence-electron chi connectivity index (χ3n) is 4.47. The van der Waals surface area contributed by atoms with Gasteiger partial charge in [-0.3, -0.25) is 9.59 Å². The Labute approximate surface area is 181 Å². The molecule has 5 atom stereocenters. The Morgan fingerprint density at radius 3 is 1.29 bits per heavy atom. The van der Waals surface area contributed by atoms with E-state index in [1.165, 1.54) is 0 Å². The molecule has 2 amide bonds. The number of halogens is 17. The highest BCUT2D eigenvalue weighted by molar-refractivity contribution is 6.13. The highest BCUT2D eigenvalue weighted by atomic mass is 19.4. The molecule has 0 aromatic heterocycles. The lowest BCUT2D eigenvalue weighted by Crippen LogP contribution is -2.72. The molecule has 0 spiro atoms. The summed E-state index contributed by atoms with van der Waals surface area (Å²) < 4.78 is 227. The monoisotopic (exact) mass is 557 g/mol. The van der Waals surface area contributed by atoms with E-state index < -0.39 is 83.7 Å². The minimum Gasteiger partial charge on any atom is -0.269 e.